The monoisotopic (exact) mass is 645 g/mol. The number of pyridine rings is 1. The molecule has 0 amide bonds. The number of furan rings is 1. The zero-order chi connectivity index (χ0) is 31.1. The van der Waals surface area contributed by atoms with Crippen molar-refractivity contribution in [2.45, 2.75) is 52.3 Å². The number of aromatic nitrogens is 5. The van der Waals surface area contributed by atoms with Crippen LogP contribution in [0.15, 0.2) is 65.5 Å². The van der Waals surface area contributed by atoms with Crippen molar-refractivity contribution in [3.8, 4) is 5.88 Å². The van der Waals surface area contributed by atoms with E-state index in [2.05, 4.69) is 27.1 Å². The van der Waals surface area contributed by atoms with Gasteiger partial charge >= 0.3 is 5.97 Å². The maximum Gasteiger partial charge on any atom is 0.346 e. The van der Waals surface area contributed by atoms with E-state index >= 15 is 0 Å². The highest BCUT2D eigenvalue weighted by Gasteiger charge is 2.23. The lowest BCUT2D eigenvalue weighted by atomic mass is 9.86. The van der Waals surface area contributed by atoms with Gasteiger partial charge in [0.25, 0.3) is 6.01 Å². The van der Waals surface area contributed by atoms with E-state index in [0.717, 1.165) is 59.8 Å². The quantitative estimate of drug-likeness (QED) is 0.161. The molecule has 7 rings (SSSR count). The average molecular weight is 646 g/mol. The fraction of sp³-hybridized carbons (Fsp3) is 0.273. The topological polar surface area (TPSA) is 108 Å². The molecule has 1 aliphatic rings. The normalized spacial score (nSPS) is 15.2. The van der Waals surface area contributed by atoms with Crippen LogP contribution >= 0.6 is 22.9 Å². The van der Waals surface area contributed by atoms with Gasteiger partial charge in [-0.2, -0.15) is 4.39 Å². The molecule has 1 aromatic carbocycles. The van der Waals surface area contributed by atoms with Gasteiger partial charge in [-0.3, -0.25) is 0 Å². The minimum absolute atomic E-state index is 0.162. The molecular weight excluding hydrogens is 617 g/mol. The van der Waals surface area contributed by atoms with Crippen LogP contribution in [0.2, 0.25) is 5.02 Å². The molecule has 230 valence electrons. The van der Waals surface area contributed by atoms with Gasteiger partial charge in [0.05, 0.1) is 34.8 Å². The molecule has 9 nitrogen and oxygen atoms in total. The molecule has 1 unspecified atom stereocenters. The van der Waals surface area contributed by atoms with Crippen molar-refractivity contribution in [1.82, 2.24) is 24.1 Å². The van der Waals surface area contributed by atoms with Crippen molar-refractivity contribution >= 4 is 55.8 Å². The van der Waals surface area contributed by atoms with E-state index in [0.29, 0.717) is 39.9 Å². The van der Waals surface area contributed by atoms with Crippen LogP contribution < -0.4 is 4.74 Å². The first-order chi connectivity index (χ1) is 21.9. The summed E-state index contributed by atoms with van der Waals surface area (Å²) in [4.78, 5) is 26.6. The van der Waals surface area contributed by atoms with Crippen LogP contribution in [0.1, 0.15) is 58.6 Å². The number of rotatable bonds is 10. The van der Waals surface area contributed by atoms with Gasteiger partial charge < -0.3 is 23.4 Å². The molecule has 0 saturated heterocycles. The maximum absolute atomic E-state index is 13.7. The fourth-order valence-corrected chi connectivity index (χ4v) is 7.04. The second-order valence-corrected chi connectivity index (χ2v) is 12.6. The van der Waals surface area contributed by atoms with Crippen molar-refractivity contribution in [1.29, 1.82) is 0 Å². The number of benzene rings is 1. The summed E-state index contributed by atoms with van der Waals surface area (Å²) in [6.45, 7) is 3.62. The molecule has 5 aromatic heterocycles. The minimum Gasteiger partial charge on any atom is -0.477 e. The van der Waals surface area contributed by atoms with Gasteiger partial charge in [-0.1, -0.05) is 29.8 Å². The Morgan fingerprint density at radius 3 is 2.93 bits per heavy atom. The van der Waals surface area contributed by atoms with Gasteiger partial charge in [0.1, 0.15) is 27.7 Å². The van der Waals surface area contributed by atoms with Gasteiger partial charge in [-0.15, -0.1) is 11.3 Å². The first kappa shape index (κ1) is 29.2. The van der Waals surface area contributed by atoms with Crippen LogP contribution in [-0.4, -0.2) is 35.2 Å². The Morgan fingerprint density at radius 1 is 1.24 bits per heavy atom. The Hall–Kier alpha value is -4.48. The molecule has 0 fully saturated rings. The van der Waals surface area contributed by atoms with E-state index in [1.807, 2.05) is 24.7 Å². The smallest absolute Gasteiger partial charge is 0.346 e. The lowest BCUT2D eigenvalue weighted by Gasteiger charge is -2.22. The second-order valence-electron chi connectivity index (χ2n) is 11.1. The van der Waals surface area contributed by atoms with Crippen molar-refractivity contribution in [3.63, 3.8) is 0 Å². The van der Waals surface area contributed by atoms with Gasteiger partial charge in [0, 0.05) is 42.2 Å². The minimum atomic E-state index is -0.937. The number of halogens is 2. The number of carbonyl (C=O) groups is 1. The number of fused-ring (bicyclic) bond motifs is 2. The molecule has 12 heteroatoms. The zero-order valence-corrected chi connectivity index (χ0v) is 25.9. The third kappa shape index (κ3) is 5.85. The summed E-state index contributed by atoms with van der Waals surface area (Å²) in [6.07, 6.45) is 9.42. The number of aromatic carboxylic acids is 1. The van der Waals surface area contributed by atoms with E-state index in [-0.39, 0.29) is 11.5 Å². The maximum atomic E-state index is 13.7. The van der Waals surface area contributed by atoms with Crippen LogP contribution in [0.25, 0.3) is 26.9 Å². The summed E-state index contributed by atoms with van der Waals surface area (Å²) >= 11 is 7.40. The first-order valence-corrected chi connectivity index (χ1v) is 15.9. The SMILES string of the molecule is CCn1cncc1Cn1c(CC2CC=C(c3cccc(OCc4ccc(Cl)c5cc(F)oc45)n3)CC2)nc2sc(C(=O)O)cc21. The summed E-state index contributed by atoms with van der Waals surface area (Å²) in [7, 11) is 0. The van der Waals surface area contributed by atoms with E-state index < -0.39 is 12.0 Å². The number of aryl methyl sites for hydroxylation is 1. The summed E-state index contributed by atoms with van der Waals surface area (Å²) < 4.78 is 29.2. The standard InChI is InChI=1S/C33H29ClFN5O4S/c1-2-39-18-36-15-22(39)16-40-26-14-27(33(41)42)45-32(26)38-29(40)12-19-6-8-20(9-7-19)25-4-3-5-30(37-25)43-17-21-10-11-24(34)23-13-28(35)44-31(21)23/h3-5,8,10-11,13-15,18-19H,2,6-7,9,12,16-17H2,1H3,(H,41,42). The number of nitrogens with zero attached hydrogens (tertiary/aromatic N) is 5. The summed E-state index contributed by atoms with van der Waals surface area (Å²) in [5.74, 6) is 0.882. The van der Waals surface area contributed by atoms with E-state index in [9.17, 15) is 14.3 Å². The molecule has 0 bridgehead atoms. The Bertz CT molecular complexity index is 2080. The number of imidazole rings is 2. The predicted molar refractivity (Wildman–Crippen MR) is 170 cm³/mol. The molecule has 6 aromatic rings. The number of hydrogen-bond donors (Lipinski definition) is 1. The summed E-state index contributed by atoms with van der Waals surface area (Å²) in [5, 5.41) is 10.5. The lowest BCUT2D eigenvalue weighted by Crippen LogP contribution is -2.15. The third-order valence-electron chi connectivity index (χ3n) is 8.30. The highest BCUT2D eigenvalue weighted by Crippen LogP contribution is 2.35. The molecule has 1 aliphatic carbocycles. The Kier molecular flexibility index (Phi) is 7.88. The van der Waals surface area contributed by atoms with Gasteiger partial charge in [-0.05, 0) is 55.9 Å². The molecule has 1 N–H and O–H groups in total. The number of carboxylic acids is 1. The van der Waals surface area contributed by atoms with E-state index in [1.54, 1.807) is 24.3 Å². The largest absolute Gasteiger partial charge is 0.477 e. The van der Waals surface area contributed by atoms with Crippen LogP contribution in [0.5, 0.6) is 5.88 Å². The third-order valence-corrected chi connectivity index (χ3v) is 9.63. The van der Waals surface area contributed by atoms with Crippen molar-refractivity contribution < 1.29 is 23.4 Å². The predicted octanol–water partition coefficient (Wildman–Crippen LogP) is 8.00. The summed E-state index contributed by atoms with van der Waals surface area (Å²) in [6, 6.07) is 11.5. The number of thiophene rings is 1. The highest BCUT2D eigenvalue weighted by atomic mass is 35.5. The van der Waals surface area contributed by atoms with Gasteiger partial charge in [0.2, 0.25) is 5.88 Å². The van der Waals surface area contributed by atoms with Crippen molar-refractivity contribution in [2.75, 3.05) is 0 Å². The Morgan fingerprint density at radius 2 is 2.13 bits per heavy atom. The number of allylic oxidation sites excluding steroid dienone is 2. The molecule has 1 atom stereocenters. The molecule has 0 aliphatic heterocycles. The van der Waals surface area contributed by atoms with E-state index in [4.69, 9.17) is 30.7 Å². The molecule has 45 heavy (non-hydrogen) atoms. The van der Waals surface area contributed by atoms with Crippen molar-refractivity contribution in [2.24, 2.45) is 5.92 Å². The van der Waals surface area contributed by atoms with E-state index in [1.165, 1.54) is 23.0 Å². The van der Waals surface area contributed by atoms with Crippen LogP contribution in [0, 0.1) is 11.9 Å². The number of ether oxygens (including phenoxy) is 1. The molecule has 5 heterocycles. The van der Waals surface area contributed by atoms with Crippen LogP contribution in [0.4, 0.5) is 4.39 Å². The molecule has 0 saturated carbocycles. The number of carboxylic acid groups (broad SMARTS) is 1. The number of hydrogen-bond acceptors (Lipinski definition) is 7. The van der Waals surface area contributed by atoms with Gasteiger partial charge in [0.15, 0.2) is 0 Å². The highest BCUT2D eigenvalue weighted by molar-refractivity contribution is 7.20. The second kappa shape index (κ2) is 12.1. The summed E-state index contributed by atoms with van der Waals surface area (Å²) in [5.41, 5.74) is 4.99. The first-order valence-electron chi connectivity index (χ1n) is 14.7. The Balaban J connectivity index is 1.06. The van der Waals surface area contributed by atoms with Gasteiger partial charge in [-0.25, -0.2) is 19.7 Å². The van der Waals surface area contributed by atoms with Crippen LogP contribution in [-0.2, 0) is 26.1 Å². The molecule has 0 spiro atoms. The molecule has 0 radical (unpaired) electrons. The fourth-order valence-electron chi connectivity index (χ4n) is 5.95. The average Bonchev–Trinajstić information content (AvgIpc) is 3.82. The van der Waals surface area contributed by atoms with Crippen molar-refractivity contribution in [3.05, 3.63) is 99.8 Å². The lowest BCUT2D eigenvalue weighted by molar-refractivity contribution is 0.0702. The zero-order valence-electron chi connectivity index (χ0n) is 24.4. The molecular formula is C33H29ClFN5O4S. The Labute approximate surface area is 266 Å². The van der Waals surface area contributed by atoms with Crippen LogP contribution in [0.3, 0.4) is 0 Å².